The third kappa shape index (κ3) is 5.80. The molecular weight excluding hydrogens is 236 g/mol. The lowest BCUT2D eigenvalue weighted by molar-refractivity contribution is 0.120. The maximum Gasteiger partial charge on any atom is 0.0558 e. The van der Waals surface area contributed by atoms with Gasteiger partial charge in [0.15, 0.2) is 0 Å². The average molecular weight is 270 g/mol. The van der Waals surface area contributed by atoms with Crippen molar-refractivity contribution < 1.29 is 5.11 Å². The molecule has 1 saturated carbocycles. The quantitative estimate of drug-likeness (QED) is 0.712. The molecule has 0 bridgehead atoms. The molecule has 0 aliphatic heterocycles. The van der Waals surface area contributed by atoms with Gasteiger partial charge in [-0.15, -0.1) is 0 Å². The van der Waals surface area contributed by atoms with Gasteiger partial charge >= 0.3 is 0 Å². The summed E-state index contributed by atoms with van der Waals surface area (Å²) in [5.74, 6) is 2.23. The Bertz CT molecular complexity index is 233. The van der Waals surface area contributed by atoms with Crippen LogP contribution in [-0.2, 0) is 0 Å². The second-order valence-electron chi connectivity index (χ2n) is 6.62. The molecule has 3 N–H and O–H groups in total. The van der Waals surface area contributed by atoms with E-state index in [2.05, 4.69) is 25.7 Å². The van der Waals surface area contributed by atoms with Gasteiger partial charge in [0, 0.05) is 19.1 Å². The molecule has 1 rings (SSSR count). The van der Waals surface area contributed by atoms with Crippen molar-refractivity contribution in [2.75, 3.05) is 26.2 Å². The highest BCUT2D eigenvalue weighted by atomic mass is 16.3. The number of hydrogen-bond donors (Lipinski definition) is 2. The molecule has 0 spiro atoms. The van der Waals surface area contributed by atoms with Crippen molar-refractivity contribution in [3.8, 4) is 0 Å². The zero-order chi connectivity index (χ0) is 14.3. The molecule has 0 aromatic carbocycles. The second kappa shape index (κ2) is 8.93. The summed E-state index contributed by atoms with van der Waals surface area (Å²) in [6, 6.07) is 0.359. The highest BCUT2D eigenvalue weighted by Gasteiger charge is 2.30. The van der Waals surface area contributed by atoms with Gasteiger partial charge in [-0.2, -0.15) is 0 Å². The van der Waals surface area contributed by atoms with Crippen molar-refractivity contribution >= 4 is 0 Å². The predicted molar refractivity (Wildman–Crippen MR) is 82.1 cm³/mol. The molecule has 0 radical (unpaired) electrons. The van der Waals surface area contributed by atoms with Crippen molar-refractivity contribution in [3.63, 3.8) is 0 Å². The normalized spacial score (nSPS) is 28.3. The van der Waals surface area contributed by atoms with E-state index in [0.717, 1.165) is 31.5 Å². The van der Waals surface area contributed by atoms with Crippen LogP contribution in [0.4, 0.5) is 0 Å². The summed E-state index contributed by atoms with van der Waals surface area (Å²) in [6.07, 6.45) is 6.17. The number of unbranched alkanes of at least 4 members (excludes halogenated alkanes) is 1. The Balaban J connectivity index is 2.49. The first-order chi connectivity index (χ1) is 9.08. The third-order valence-corrected chi connectivity index (χ3v) is 4.76. The number of hydrogen-bond acceptors (Lipinski definition) is 3. The lowest BCUT2D eigenvalue weighted by Crippen LogP contribution is -2.44. The van der Waals surface area contributed by atoms with Crippen LogP contribution in [-0.4, -0.2) is 42.3 Å². The van der Waals surface area contributed by atoms with Gasteiger partial charge in [0.1, 0.15) is 0 Å². The van der Waals surface area contributed by atoms with Crippen LogP contribution in [0.15, 0.2) is 0 Å². The van der Waals surface area contributed by atoms with E-state index in [9.17, 15) is 5.11 Å². The minimum atomic E-state index is 0.263. The highest BCUT2D eigenvalue weighted by molar-refractivity contribution is 4.85. The Kier molecular flexibility index (Phi) is 7.96. The van der Waals surface area contributed by atoms with Crippen LogP contribution in [0.5, 0.6) is 0 Å². The maximum absolute atomic E-state index is 9.20. The molecule has 0 heterocycles. The monoisotopic (exact) mass is 270 g/mol. The van der Waals surface area contributed by atoms with Crippen LogP contribution < -0.4 is 5.73 Å². The average Bonchev–Trinajstić information content (AvgIpc) is 2.38. The number of nitrogens with zero attached hydrogens (tertiary/aromatic N) is 1. The topological polar surface area (TPSA) is 49.5 Å². The van der Waals surface area contributed by atoms with Gasteiger partial charge in [0.25, 0.3) is 0 Å². The lowest BCUT2D eigenvalue weighted by Gasteiger charge is -2.38. The fraction of sp³-hybridized carbons (Fsp3) is 1.00. The summed E-state index contributed by atoms with van der Waals surface area (Å²) in [6.45, 7) is 10.1. The molecule has 0 aromatic rings. The summed E-state index contributed by atoms with van der Waals surface area (Å²) < 4.78 is 0. The third-order valence-electron chi connectivity index (χ3n) is 4.76. The molecule has 1 aliphatic carbocycles. The van der Waals surface area contributed by atoms with E-state index < -0.39 is 0 Å². The van der Waals surface area contributed by atoms with E-state index in [0.29, 0.717) is 12.0 Å². The van der Waals surface area contributed by atoms with Gasteiger partial charge in [-0.25, -0.2) is 0 Å². The molecule has 3 unspecified atom stereocenters. The van der Waals surface area contributed by atoms with Gasteiger partial charge in [-0.1, -0.05) is 27.2 Å². The molecule has 19 heavy (non-hydrogen) atoms. The smallest absolute Gasteiger partial charge is 0.0558 e. The molecule has 3 nitrogen and oxygen atoms in total. The number of aliphatic hydroxyl groups excluding tert-OH is 1. The van der Waals surface area contributed by atoms with Crippen molar-refractivity contribution in [2.45, 2.75) is 58.9 Å². The molecule has 1 aliphatic rings. The minimum absolute atomic E-state index is 0.263. The largest absolute Gasteiger partial charge is 0.395 e. The second-order valence-corrected chi connectivity index (χ2v) is 6.62. The van der Waals surface area contributed by atoms with Crippen LogP contribution in [0.2, 0.25) is 0 Å². The van der Waals surface area contributed by atoms with E-state index >= 15 is 0 Å². The van der Waals surface area contributed by atoms with Gasteiger partial charge in [-0.05, 0) is 50.0 Å². The summed E-state index contributed by atoms with van der Waals surface area (Å²) in [5.41, 5.74) is 6.33. The van der Waals surface area contributed by atoms with Crippen molar-refractivity contribution in [1.82, 2.24) is 4.90 Å². The SMILES string of the molecule is CCCCN(CCO)CC1CC(C(C)C)CCC1N. The summed E-state index contributed by atoms with van der Waals surface area (Å²) in [7, 11) is 0. The standard InChI is InChI=1S/C16H34N2O/c1-4-5-8-18(9-10-19)12-15-11-14(13(2)3)6-7-16(15)17/h13-16,19H,4-12,17H2,1-3H3. The van der Waals surface area contributed by atoms with Gasteiger partial charge in [0.05, 0.1) is 6.61 Å². The zero-order valence-electron chi connectivity index (χ0n) is 13.1. The molecule has 114 valence electrons. The Morgan fingerprint density at radius 2 is 2.00 bits per heavy atom. The first-order valence-electron chi connectivity index (χ1n) is 8.17. The summed E-state index contributed by atoms with van der Waals surface area (Å²) in [5, 5.41) is 9.20. The number of aliphatic hydroxyl groups is 1. The molecule has 3 atom stereocenters. The number of rotatable bonds is 8. The van der Waals surface area contributed by atoms with Crippen LogP contribution in [0.1, 0.15) is 52.9 Å². The van der Waals surface area contributed by atoms with Gasteiger partial charge in [-0.3, -0.25) is 0 Å². The van der Waals surface area contributed by atoms with Crippen molar-refractivity contribution in [2.24, 2.45) is 23.5 Å². The Hall–Kier alpha value is -0.120. The van der Waals surface area contributed by atoms with E-state index in [4.69, 9.17) is 5.73 Å². The highest BCUT2D eigenvalue weighted by Crippen LogP contribution is 2.33. The maximum atomic E-state index is 9.20. The van der Waals surface area contributed by atoms with Crippen molar-refractivity contribution in [3.05, 3.63) is 0 Å². The van der Waals surface area contributed by atoms with Crippen LogP contribution in [0.3, 0.4) is 0 Å². The fourth-order valence-corrected chi connectivity index (χ4v) is 3.29. The van der Waals surface area contributed by atoms with E-state index in [-0.39, 0.29) is 6.61 Å². The first-order valence-corrected chi connectivity index (χ1v) is 8.17. The van der Waals surface area contributed by atoms with Crippen LogP contribution >= 0.6 is 0 Å². The molecule has 0 saturated heterocycles. The zero-order valence-corrected chi connectivity index (χ0v) is 13.1. The van der Waals surface area contributed by atoms with E-state index in [1.54, 1.807) is 0 Å². The van der Waals surface area contributed by atoms with E-state index in [1.165, 1.54) is 32.1 Å². The summed E-state index contributed by atoms with van der Waals surface area (Å²) in [4.78, 5) is 2.41. The van der Waals surface area contributed by atoms with Gasteiger partial charge in [0.2, 0.25) is 0 Å². The lowest BCUT2D eigenvalue weighted by atomic mass is 9.73. The Morgan fingerprint density at radius 3 is 2.58 bits per heavy atom. The van der Waals surface area contributed by atoms with Crippen LogP contribution in [0.25, 0.3) is 0 Å². The fourth-order valence-electron chi connectivity index (χ4n) is 3.29. The predicted octanol–water partition coefficient (Wildman–Crippen LogP) is 2.48. The molecule has 0 aromatic heterocycles. The Labute approximate surface area is 119 Å². The summed E-state index contributed by atoms with van der Waals surface area (Å²) >= 11 is 0. The van der Waals surface area contributed by atoms with Crippen LogP contribution in [0, 0.1) is 17.8 Å². The van der Waals surface area contributed by atoms with Crippen molar-refractivity contribution in [1.29, 1.82) is 0 Å². The Morgan fingerprint density at radius 1 is 1.26 bits per heavy atom. The van der Waals surface area contributed by atoms with Gasteiger partial charge < -0.3 is 15.7 Å². The molecule has 3 heteroatoms. The van der Waals surface area contributed by atoms with E-state index in [1.807, 2.05) is 0 Å². The number of nitrogens with two attached hydrogens (primary N) is 1. The molecule has 0 amide bonds. The molecular formula is C16H34N2O. The molecule has 1 fully saturated rings. The first kappa shape index (κ1) is 16.9. The minimum Gasteiger partial charge on any atom is -0.395 e.